The number of fused-ring (bicyclic) bond motifs is 1. The topological polar surface area (TPSA) is 56.3 Å². The van der Waals surface area contributed by atoms with Crippen LogP contribution in [0.1, 0.15) is 38.9 Å². The highest BCUT2D eigenvalue weighted by atomic mass is 35.5. The van der Waals surface area contributed by atoms with Crippen LogP contribution in [0.4, 0.5) is 0 Å². The minimum absolute atomic E-state index is 0.298. The smallest absolute Gasteiger partial charge is 0.339 e. The third-order valence-corrected chi connectivity index (χ3v) is 4.58. The number of rotatable bonds is 4. The number of pyridine rings is 1. The zero-order valence-corrected chi connectivity index (χ0v) is 15.5. The highest BCUT2D eigenvalue weighted by Crippen LogP contribution is 2.24. The van der Waals surface area contributed by atoms with Crippen LogP contribution in [0.25, 0.3) is 10.9 Å². The van der Waals surface area contributed by atoms with E-state index in [0.717, 1.165) is 16.8 Å². The Bertz CT molecular complexity index is 1010. The van der Waals surface area contributed by atoms with Crippen molar-refractivity contribution in [2.75, 3.05) is 0 Å². The number of Topliss-reactive ketones (excluding diaryl/α,β-unsaturated/α-hetero) is 1. The summed E-state index contributed by atoms with van der Waals surface area (Å²) in [5.41, 5.74) is 3.07. The predicted octanol–water partition coefficient (Wildman–Crippen LogP) is 4.93. The summed E-state index contributed by atoms with van der Waals surface area (Å²) in [5.74, 6) is -0.833. The summed E-state index contributed by atoms with van der Waals surface area (Å²) in [5, 5.41) is 1.17. The van der Waals surface area contributed by atoms with Gasteiger partial charge >= 0.3 is 5.97 Å². The van der Waals surface area contributed by atoms with Gasteiger partial charge in [0, 0.05) is 21.7 Å². The van der Waals surface area contributed by atoms with Crippen molar-refractivity contribution in [3.05, 3.63) is 75.9 Å². The molecule has 0 N–H and O–H groups in total. The molecule has 0 aliphatic carbocycles. The van der Waals surface area contributed by atoms with Crippen molar-refractivity contribution >= 4 is 34.3 Å². The van der Waals surface area contributed by atoms with Crippen LogP contribution in [0.3, 0.4) is 0 Å². The van der Waals surface area contributed by atoms with Crippen LogP contribution in [-0.4, -0.2) is 22.8 Å². The van der Waals surface area contributed by atoms with Crippen molar-refractivity contribution in [3.8, 4) is 0 Å². The molecule has 4 nitrogen and oxygen atoms in total. The lowest BCUT2D eigenvalue weighted by Crippen LogP contribution is -2.25. The molecule has 3 rings (SSSR count). The van der Waals surface area contributed by atoms with E-state index in [2.05, 4.69) is 4.98 Å². The maximum absolute atomic E-state index is 12.8. The zero-order valence-electron chi connectivity index (χ0n) is 14.7. The molecule has 3 aromatic rings. The van der Waals surface area contributed by atoms with Gasteiger partial charge in [-0.15, -0.1) is 0 Å². The predicted molar refractivity (Wildman–Crippen MR) is 102 cm³/mol. The van der Waals surface area contributed by atoms with Gasteiger partial charge in [-0.1, -0.05) is 41.9 Å². The summed E-state index contributed by atoms with van der Waals surface area (Å²) < 4.78 is 5.48. The summed E-state index contributed by atoms with van der Waals surface area (Å²) in [4.78, 5) is 29.8. The highest BCUT2D eigenvalue weighted by molar-refractivity contribution is 6.31. The number of nitrogens with zero attached hydrogens (tertiary/aromatic N) is 1. The van der Waals surface area contributed by atoms with E-state index in [1.165, 1.54) is 0 Å². The number of para-hydroxylation sites is 1. The van der Waals surface area contributed by atoms with E-state index in [0.29, 0.717) is 21.5 Å². The number of halogens is 1. The first-order chi connectivity index (χ1) is 12.4. The van der Waals surface area contributed by atoms with Crippen molar-refractivity contribution in [2.45, 2.75) is 26.9 Å². The fraction of sp³-hybridized carbons (Fsp3) is 0.190. The van der Waals surface area contributed by atoms with Gasteiger partial charge in [-0.3, -0.25) is 9.78 Å². The van der Waals surface area contributed by atoms with Gasteiger partial charge < -0.3 is 4.74 Å². The molecule has 0 radical (unpaired) electrons. The van der Waals surface area contributed by atoms with Crippen molar-refractivity contribution in [1.29, 1.82) is 0 Å². The van der Waals surface area contributed by atoms with Crippen LogP contribution in [0.2, 0.25) is 5.02 Å². The second-order valence-electron chi connectivity index (χ2n) is 6.14. The number of carbonyl (C=O) groups excluding carboxylic acids is 2. The monoisotopic (exact) mass is 367 g/mol. The zero-order chi connectivity index (χ0) is 18.8. The van der Waals surface area contributed by atoms with Crippen LogP contribution >= 0.6 is 11.6 Å². The third-order valence-electron chi connectivity index (χ3n) is 4.35. The van der Waals surface area contributed by atoms with Gasteiger partial charge in [0.25, 0.3) is 0 Å². The molecule has 0 fully saturated rings. The number of hydrogen-bond donors (Lipinski definition) is 0. The minimum Gasteiger partial charge on any atom is -0.451 e. The van der Waals surface area contributed by atoms with Gasteiger partial charge in [0.1, 0.15) is 0 Å². The largest absolute Gasteiger partial charge is 0.451 e. The number of aromatic nitrogens is 1. The van der Waals surface area contributed by atoms with Crippen molar-refractivity contribution < 1.29 is 14.3 Å². The first-order valence-electron chi connectivity index (χ1n) is 8.25. The normalized spacial score (nSPS) is 12.0. The molecule has 5 heteroatoms. The number of benzene rings is 2. The molecule has 132 valence electrons. The Balaban J connectivity index is 1.92. The number of aryl methyl sites for hydroxylation is 1. The van der Waals surface area contributed by atoms with Crippen LogP contribution < -0.4 is 0 Å². The number of ether oxygens (including phenoxy) is 1. The van der Waals surface area contributed by atoms with E-state index in [1.54, 1.807) is 31.2 Å². The Morgan fingerprint density at radius 2 is 1.81 bits per heavy atom. The Morgan fingerprint density at radius 1 is 1.08 bits per heavy atom. The van der Waals surface area contributed by atoms with Gasteiger partial charge in [0.05, 0.1) is 11.1 Å². The molecule has 0 unspecified atom stereocenters. The van der Waals surface area contributed by atoms with Gasteiger partial charge in [-0.25, -0.2) is 4.79 Å². The van der Waals surface area contributed by atoms with E-state index >= 15 is 0 Å². The second kappa shape index (κ2) is 7.26. The van der Waals surface area contributed by atoms with Crippen molar-refractivity contribution in [2.24, 2.45) is 0 Å². The lowest BCUT2D eigenvalue weighted by molar-refractivity contribution is 0.0320. The number of hydrogen-bond acceptors (Lipinski definition) is 4. The molecule has 0 saturated carbocycles. The Morgan fingerprint density at radius 3 is 2.54 bits per heavy atom. The van der Waals surface area contributed by atoms with Crippen LogP contribution in [-0.2, 0) is 4.74 Å². The summed E-state index contributed by atoms with van der Waals surface area (Å²) >= 11 is 5.93. The molecular formula is C21H18ClNO3. The fourth-order valence-electron chi connectivity index (χ4n) is 2.84. The quantitative estimate of drug-likeness (QED) is 0.484. The molecule has 0 aliphatic rings. The molecule has 0 aliphatic heterocycles. The standard InChI is InChI=1S/C21H18ClNO3/c1-12-13(2)23-18-10-5-4-9-17(18)19(12)21(25)26-14(3)20(24)15-7-6-8-16(22)11-15/h4-11,14H,1-3H3/t14-/m0/s1. The minimum atomic E-state index is -0.924. The van der Waals surface area contributed by atoms with Gasteiger partial charge in [-0.2, -0.15) is 0 Å². The van der Waals surface area contributed by atoms with E-state index in [4.69, 9.17) is 16.3 Å². The maximum Gasteiger partial charge on any atom is 0.339 e. The third kappa shape index (κ3) is 3.46. The molecular weight excluding hydrogens is 350 g/mol. The van der Waals surface area contributed by atoms with Gasteiger partial charge in [0.2, 0.25) is 5.78 Å². The number of carbonyl (C=O) groups is 2. The molecule has 0 spiro atoms. The molecule has 1 aromatic heterocycles. The average molecular weight is 368 g/mol. The SMILES string of the molecule is Cc1nc2ccccc2c(C(=O)O[C@@H](C)C(=O)c2cccc(Cl)c2)c1C. The summed E-state index contributed by atoms with van der Waals surface area (Å²) in [6, 6.07) is 14.0. The van der Waals surface area contributed by atoms with Crippen LogP contribution in [0, 0.1) is 13.8 Å². The van der Waals surface area contributed by atoms with E-state index in [9.17, 15) is 9.59 Å². The van der Waals surface area contributed by atoms with E-state index < -0.39 is 12.1 Å². The molecule has 2 aromatic carbocycles. The second-order valence-corrected chi connectivity index (χ2v) is 6.57. The fourth-order valence-corrected chi connectivity index (χ4v) is 3.03. The van der Waals surface area contributed by atoms with E-state index in [1.807, 2.05) is 38.1 Å². The van der Waals surface area contributed by atoms with Crippen LogP contribution in [0.5, 0.6) is 0 Å². The average Bonchev–Trinajstić information content (AvgIpc) is 2.62. The summed E-state index contributed by atoms with van der Waals surface area (Å²) in [7, 11) is 0. The van der Waals surface area contributed by atoms with Crippen molar-refractivity contribution in [3.63, 3.8) is 0 Å². The lowest BCUT2D eigenvalue weighted by atomic mass is 10.0. The molecule has 1 atom stereocenters. The first kappa shape index (κ1) is 18.1. The van der Waals surface area contributed by atoms with E-state index in [-0.39, 0.29) is 5.78 Å². The van der Waals surface area contributed by atoms with Crippen LogP contribution in [0.15, 0.2) is 48.5 Å². The maximum atomic E-state index is 12.8. The molecule has 0 saturated heterocycles. The molecule has 0 amide bonds. The molecule has 26 heavy (non-hydrogen) atoms. The number of esters is 1. The van der Waals surface area contributed by atoms with Gasteiger partial charge in [0.15, 0.2) is 6.10 Å². The first-order valence-corrected chi connectivity index (χ1v) is 8.63. The number of ketones is 1. The summed E-state index contributed by atoms with van der Waals surface area (Å²) in [6.45, 7) is 5.24. The lowest BCUT2D eigenvalue weighted by Gasteiger charge is -2.16. The Labute approximate surface area is 156 Å². The molecule has 0 bridgehead atoms. The Kier molecular flexibility index (Phi) is 5.05. The molecule has 1 heterocycles. The Hall–Kier alpha value is -2.72. The highest BCUT2D eigenvalue weighted by Gasteiger charge is 2.24. The van der Waals surface area contributed by atoms with Gasteiger partial charge in [-0.05, 0) is 44.5 Å². The summed E-state index contributed by atoms with van der Waals surface area (Å²) in [6.07, 6.45) is -0.924. The van der Waals surface area contributed by atoms with Crippen molar-refractivity contribution in [1.82, 2.24) is 4.98 Å².